The van der Waals surface area contributed by atoms with E-state index in [0.717, 1.165) is 0 Å². The van der Waals surface area contributed by atoms with Crippen molar-refractivity contribution in [3.8, 4) is 0 Å². The van der Waals surface area contributed by atoms with Gasteiger partial charge in [-0.05, 0) is 33.5 Å². The molecule has 0 aliphatic heterocycles. The molecule has 18 heavy (non-hydrogen) atoms. The van der Waals surface area contributed by atoms with E-state index in [0.29, 0.717) is 19.2 Å². The van der Waals surface area contributed by atoms with Crippen LogP contribution in [0.5, 0.6) is 0 Å². The van der Waals surface area contributed by atoms with Crippen molar-refractivity contribution in [3.05, 3.63) is 12.0 Å². The first-order valence-corrected chi connectivity index (χ1v) is 11.2. The molecular formula is C11H25O5PSi. The molecule has 0 aliphatic rings. The number of hydrogen-bond acceptors (Lipinski definition) is 5. The monoisotopic (exact) mass is 296 g/mol. The quantitative estimate of drug-likeness (QED) is 0.370. The molecule has 0 bridgehead atoms. The van der Waals surface area contributed by atoms with Gasteiger partial charge in [0.2, 0.25) is 8.32 Å². The number of rotatable bonds is 9. The van der Waals surface area contributed by atoms with E-state index in [-0.39, 0.29) is 6.16 Å². The summed E-state index contributed by atoms with van der Waals surface area (Å²) in [5, 5.41) is 0. The minimum Gasteiger partial charge on any atom is -0.520 e. The lowest BCUT2D eigenvalue weighted by molar-refractivity contribution is 0.145. The van der Waals surface area contributed by atoms with Gasteiger partial charge in [0.05, 0.1) is 26.5 Å². The van der Waals surface area contributed by atoms with Crippen LogP contribution in [-0.2, 0) is 22.8 Å². The molecule has 0 atom stereocenters. The highest BCUT2D eigenvalue weighted by atomic mass is 31.2. The normalized spacial score (nSPS) is 13.6. The Morgan fingerprint density at radius 1 is 1.17 bits per heavy atom. The zero-order valence-electron chi connectivity index (χ0n) is 12.2. The second-order valence-electron chi connectivity index (χ2n) is 4.57. The molecule has 0 aromatic rings. The van der Waals surface area contributed by atoms with Gasteiger partial charge in [-0.25, -0.2) is 0 Å². The largest absolute Gasteiger partial charge is 0.520 e. The van der Waals surface area contributed by atoms with Gasteiger partial charge in [0.1, 0.15) is 0 Å². The van der Waals surface area contributed by atoms with Crippen molar-refractivity contribution >= 4 is 15.9 Å². The van der Waals surface area contributed by atoms with Crippen LogP contribution < -0.4 is 0 Å². The van der Waals surface area contributed by atoms with Crippen LogP contribution in [0.4, 0.5) is 0 Å². The summed E-state index contributed by atoms with van der Waals surface area (Å²) in [6, 6.07) is 0. The van der Waals surface area contributed by atoms with E-state index in [4.69, 9.17) is 18.2 Å². The summed E-state index contributed by atoms with van der Waals surface area (Å²) in [4.78, 5) is 0. The minimum atomic E-state index is -3.07. The standard InChI is InChI=1S/C11H25O5PSi/c1-7-14-17(12,15-8-2)10-9-11(13-3)16-18(4,5)6/h9H,7-8,10H2,1-6H3/b11-9-. The van der Waals surface area contributed by atoms with Crippen LogP contribution in [0.1, 0.15) is 13.8 Å². The molecule has 7 heteroatoms. The van der Waals surface area contributed by atoms with Crippen molar-refractivity contribution in [2.24, 2.45) is 0 Å². The molecule has 0 aliphatic carbocycles. The first-order chi connectivity index (χ1) is 8.26. The van der Waals surface area contributed by atoms with Crippen molar-refractivity contribution in [2.75, 3.05) is 26.5 Å². The Hall–Kier alpha value is -0.293. The van der Waals surface area contributed by atoms with Crippen LogP contribution in [0.3, 0.4) is 0 Å². The topological polar surface area (TPSA) is 54.0 Å². The second-order valence-corrected chi connectivity index (χ2v) is 11.1. The summed E-state index contributed by atoms with van der Waals surface area (Å²) in [5.74, 6) is 0.383. The Morgan fingerprint density at radius 2 is 1.67 bits per heavy atom. The average Bonchev–Trinajstić information content (AvgIpc) is 2.23. The fraction of sp³-hybridized carbons (Fsp3) is 0.818. The van der Waals surface area contributed by atoms with Gasteiger partial charge >= 0.3 is 7.60 Å². The minimum absolute atomic E-state index is 0.155. The predicted molar refractivity (Wildman–Crippen MR) is 75.2 cm³/mol. The van der Waals surface area contributed by atoms with Gasteiger partial charge in [-0.3, -0.25) is 4.57 Å². The molecule has 0 spiro atoms. The molecule has 0 heterocycles. The Bertz CT molecular complexity index is 301. The van der Waals surface area contributed by atoms with E-state index in [1.54, 1.807) is 19.9 Å². The SMILES string of the molecule is CCOP(=O)(C/C=C(/OC)O[Si](C)(C)C)OCC. The zero-order valence-corrected chi connectivity index (χ0v) is 14.1. The highest BCUT2D eigenvalue weighted by Gasteiger charge is 2.24. The molecule has 0 N–H and O–H groups in total. The zero-order chi connectivity index (χ0) is 14.2. The summed E-state index contributed by atoms with van der Waals surface area (Å²) in [6.07, 6.45) is 1.78. The highest BCUT2D eigenvalue weighted by Crippen LogP contribution is 2.48. The van der Waals surface area contributed by atoms with E-state index >= 15 is 0 Å². The molecular weight excluding hydrogens is 271 g/mol. The average molecular weight is 296 g/mol. The molecule has 0 rings (SSSR count). The van der Waals surface area contributed by atoms with Gasteiger partial charge in [-0.15, -0.1) is 0 Å². The van der Waals surface area contributed by atoms with E-state index in [9.17, 15) is 4.57 Å². The Morgan fingerprint density at radius 3 is 2.00 bits per heavy atom. The van der Waals surface area contributed by atoms with Gasteiger partial charge in [0.25, 0.3) is 5.95 Å². The second kappa shape index (κ2) is 7.99. The lowest BCUT2D eigenvalue weighted by Crippen LogP contribution is -2.25. The summed E-state index contributed by atoms with van der Waals surface area (Å²) in [7, 11) is -3.29. The Kier molecular flexibility index (Phi) is 7.86. The van der Waals surface area contributed by atoms with Crippen LogP contribution in [-0.4, -0.2) is 34.8 Å². The molecule has 0 amide bonds. The van der Waals surface area contributed by atoms with E-state index in [1.807, 2.05) is 19.6 Å². The lowest BCUT2D eigenvalue weighted by Gasteiger charge is -2.21. The van der Waals surface area contributed by atoms with Crippen LogP contribution in [0, 0.1) is 0 Å². The van der Waals surface area contributed by atoms with Gasteiger partial charge in [-0.2, -0.15) is 0 Å². The van der Waals surface area contributed by atoms with Crippen LogP contribution in [0.25, 0.3) is 0 Å². The third kappa shape index (κ3) is 7.92. The van der Waals surface area contributed by atoms with Crippen molar-refractivity contribution in [1.29, 1.82) is 0 Å². The molecule has 0 fully saturated rings. The van der Waals surface area contributed by atoms with Crippen LogP contribution >= 0.6 is 7.60 Å². The van der Waals surface area contributed by atoms with Crippen LogP contribution in [0.2, 0.25) is 19.6 Å². The summed E-state index contributed by atoms with van der Waals surface area (Å²) < 4.78 is 33.4. The third-order valence-electron chi connectivity index (χ3n) is 1.74. The number of allylic oxidation sites excluding steroid dienone is 1. The summed E-state index contributed by atoms with van der Waals surface area (Å²) in [6.45, 7) is 10.4. The number of ether oxygens (including phenoxy) is 1. The van der Waals surface area contributed by atoms with Crippen molar-refractivity contribution in [3.63, 3.8) is 0 Å². The molecule has 0 radical (unpaired) electrons. The van der Waals surface area contributed by atoms with Crippen molar-refractivity contribution in [2.45, 2.75) is 33.5 Å². The summed E-state index contributed by atoms with van der Waals surface area (Å²) in [5.41, 5.74) is 0. The molecule has 0 aromatic heterocycles. The number of methoxy groups -OCH3 is 1. The smallest absolute Gasteiger partial charge is 0.334 e. The fourth-order valence-corrected chi connectivity index (χ4v) is 3.41. The highest BCUT2D eigenvalue weighted by molar-refractivity contribution is 7.54. The molecule has 0 unspecified atom stereocenters. The predicted octanol–water partition coefficient (Wildman–Crippen LogP) is 3.59. The molecule has 5 nitrogen and oxygen atoms in total. The summed E-state index contributed by atoms with van der Waals surface area (Å²) >= 11 is 0. The molecule has 0 saturated carbocycles. The van der Waals surface area contributed by atoms with E-state index in [1.165, 1.54) is 7.11 Å². The first kappa shape index (κ1) is 17.7. The maximum Gasteiger partial charge on any atom is 0.334 e. The fourth-order valence-electron chi connectivity index (χ4n) is 1.19. The maximum absolute atomic E-state index is 12.2. The van der Waals surface area contributed by atoms with E-state index < -0.39 is 15.9 Å². The van der Waals surface area contributed by atoms with Gasteiger partial charge in [0, 0.05) is 6.08 Å². The number of hydrogen-bond donors (Lipinski definition) is 0. The Balaban J connectivity index is 4.67. The first-order valence-electron chi connectivity index (χ1n) is 6.07. The van der Waals surface area contributed by atoms with Gasteiger partial charge < -0.3 is 18.2 Å². The third-order valence-corrected chi connectivity index (χ3v) is 4.49. The molecule has 0 saturated heterocycles. The van der Waals surface area contributed by atoms with E-state index in [2.05, 4.69) is 0 Å². The van der Waals surface area contributed by atoms with Crippen LogP contribution in [0.15, 0.2) is 12.0 Å². The molecule has 108 valence electrons. The van der Waals surface area contributed by atoms with Gasteiger partial charge in [0.15, 0.2) is 0 Å². The Labute approximate surface area is 111 Å². The lowest BCUT2D eigenvalue weighted by atomic mass is 10.7. The maximum atomic E-state index is 12.2. The van der Waals surface area contributed by atoms with Gasteiger partial charge in [-0.1, -0.05) is 0 Å². The van der Waals surface area contributed by atoms with Crippen molar-refractivity contribution < 1.29 is 22.8 Å². The van der Waals surface area contributed by atoms with Crippen molar-refractivity contribution in [1.82, 2.24) is 0 Å². The molecule has 0 aromatic carbocycles.